The molecule has 0 unspecified atom stereocenters. The predicted octanol–water partition coefficient (Wildman–Crippen LogP) is 2.30. The molecule has 0 aliphatic heterocycles. The van der Waals surface area contributed by atoms with E-state index >= 15 is 0 Å². The Morgan fingerprint density at radius 2 is 1.78 bits per heavy atom. The summed E-state index contributed by atoms with van der Waals surface area (Å²) in [6.07, 6.45) is 2.88. The van der Waals surface area contributed by atoms with Crippen molar-refractivity contribution < 1.29 is 23.9 Å². The first kappa shape index (κ1) is 22.5. The fourth-order valence-corrected chi connectivity index (χ4v) is 2.04. The van der Waals surface area contributed by atoms with Crippen LogP contribution in [0.1, 0.15) is 50.4 Å². The van der Waals surface area contributed by atoms with E-state index in [4.69, 9.17) is 9.47 Å². The largest absolute Gasteiger partial charge is 0.494 e. The molecule has 0 heterocycles. The van der Waals surface area contributed by atoms with E-state index in [-0.39, 0.29) is 19.1 Å². The van der Waals surface area contributed by atoms with Crippen LogP contribution in [0.15, 0.2) is 24.3 Å². The molecule has 27 heavy (non-hydrogen) atoms. The average Bonchev–Trinajstić information content (AvgIpc) is 2.65. The van der Waals surface area contributed by atoms with Gasteiger partial charge in [-0.15, -0.1) is 0 Å². The second kappa shape index (κ2) is 12.7. The summed E-state index contributed by atoms with van der Waals surface area (Å²) in [4.78, 5) is 35.2. The molecule has 0 saturated carbocycles. The minimum Gasteiger partial charge on any atom is -0.494 e. The number of hydrogen-bond acceptors (Lipinski definition) is 5. The van der Waals surface area contributed by atoms with Crippen LogP contribution in [-0.2, 0) is 14.3 Å². The zero-order valence-electron chi connectivity index (χ0n) is 16.4. The monoisotopic (exact) mass is 378 g/mol. The van der Waals surface area contributed by atoms with Crippen LogP contribution in [0.4, 0.5) is 0 Å². The molecule has 1 aromatic rings. The molecule has 0 atom stereocenters. The number of carbonyl (C=O) groups excluding carboxylic acids is 3. The van der Waals surface area contributed by atoms with Crippen LogP contribution in [0.3, 0.4) is 0 Å². The Morgan fingerprint density at radius 1 is 1.07 bits per heavy atom. The van der Waals surface area contributed by atoms with Crippen molar-refractivity contribution >= 4 is 17.8 Å². The van der Waals surface area contributed by atoms with Crippen molar-refractivity contribution in [3.63, 3.8) is 0 Å². The lowest BCUT2D eigenvalue weighted by molar-refractivity contribution is -0.147. The van der Waals surface area contributed by atoms with E-state index in [9.17, 15) is 14.4 Å². The summed E-state index contributed by atoms with van der Waals surface area (Å²) in [5.74, 6) is -0.229. The van der Waals surface area contributed by atoms with Crippen LogP contribution in [0.2, 0.25) is 0 Å². The highest BCUT2D eigenvalue weighted by atomic mass is 16.5. The fourth-order valence-electron chi connectivity index (χ4n) is 2.04. The van der Waals surface area contributed by atoms with Crippen LogP contribution in [0.5, 0.6) is 5.75 Å². The molecule has 150 valence electrons. The zero-order valence-corrected chi connectivity index (χ0v) is 16.4. The number of amides is 2. The standard InChI is InChI=1S/C20H30N2O5/c1-4-5-12-26-17-8-6-16(7-9-17)20(25)22-13-19(24)27-14-18(23)21-11-10-15(2)3/h6-9,15H,4-5,10-14H2,1-3H3,(H,21,23)(H,22,25). The number of benzene rings is 1. The molecule has 7 nitrogen and oxygen atoms in total. The number of esters is 1. The van der Waals surface area contributed by atoms with E-state index in [1.807, 2.05) is 0 Å². The smallest absolute Gasteiger partial charge is 0.325 e. The van der Waals surface area contributed by atoms with Crippen LogP contribution in [0.25, 0.3) is 0 Å². The number of nitrogens with one attached hydrogen (secondary N) is 2. The second-order valence-corrected chi connectivity index (χ2v) is 6.60. The Labute approximate surface area is 160 Å². The lowest BCUT2D eigenvalue weighted by atomic mass is 10.1. The highest BCUT2D eigenvalue weighted by molar-refractivity contribution is 5.96. The Hall–Kier alpha value is -2.57. The lowest BCUT2D eigenvalue weighted by Crippen LogP contribution is -2.34. The van der Waals surface area contributed by atoms with Crippen molar-refractivity contribution in [2.75, 3.05) is 26.3 Å². The van der Waals surface area contributed by atoms with Gasteiger partial charge in [0.1, 0.15) is 12.3 Å². The van der Waals surface area contributed by atoms with Gasteiger partial charge < -0.3 is 20.1 Å². The van der Waals surface area contributed by atoms with Gasteiger partial charge in [-0.1, -0.05) is 27.2 Å². The summed E-state index contributed by atoms with van der Waals surface area (Å²) in [6.45, 7) is 6.73. The van der Waals surface area contributed by atoms with Crippen molar-refractivity contribution in [1.82, 2.24) is 10.6 Å². The molecule has 0 radical (unpaired) electrons. The molecular weight excluding hydrogens is 348 g/mol. The van der Waals surface area contributed by atoms with Gasteiger partial charge in [0.25, 0.3) is 11.8 Å². The summed E-state index contributed by atoms with van der Waals surface area (Å²) in [6, 6.07) is 6.68. The SMILES string of the molecule is CCCCOc1ccc(C(=O)NCC(=O)OCC(=O)NCCC(C)C)cc1. The van der Waals surface area contributed by atoms with Crippen molar-refractivity contribution in [2.45, 2.75) is 40.0 Å². The highest BCUT2D eigenvalue weighted by Gasteiger charge is 2.11. The average molecular weight is 378 g/mol. The molecular formula is C20H30N2O5. The lowest BCUT2D eigenvalue weighted by Gasteiger charge is -2.09. The number of ether oxygens (including phenoxy) is 2. The van der Waals surface area contributed by atoms with Crippen LogP contribution in [-0.4, -0.2) is 44.1 Å². The van der Waals surface area contributed by atoms with Crippen LogP contribution < -0.4 is 15.4 Å². The maximum Gasteiger partial charge on any atom is 0.325 e. The maximum absolute atomic E-state index is 12.0. The summed E-state index contributed by atoms with van der Waals surface area (Å²) in [7, 11) is 0. The molecule has 0 spiro atoms. The minimum absolute atomic E-state index is 0.299. The Bertz CT molecular complexity index is 599. The minimum atomic E-state index is -0.665. The van der Waals surface area contributed by atoms with E-state index in [1.165, 1.54) is 0 Å². The number of unbranched alkanes of at least 4 members (excludes halogenated alkanes) is 1. The third-order valence-electron chi connectivity index (χ3n) is 3.68. The van der Waals surface area contributed by atoms with Crippen molar-refractivity contribution in [3.8, 4) is 5.75 Å². The predicted molar refractivity (Wildman–Crippen MR) is 103 cm³/mol. The molecule has 0 saturated heterocycles. The van der Waals surface area contributed by atoms with Crippen molar-refractivity contribution in [2.24, 2.45) is 5.92 Å². The Morgan fingerprint density at radius 3 is 2.41 bits per heavy atom. The second-order valence-electron chi connectivity index (χ2n) is 6.60. The topological polar surface area (TPSA) is 93.7 Å². The maximum atomic E-state index is 12.0. The van der Waals surface area contributed by atoms with Crippen molar-refractivity contribution in [1.29, 1.82) is 0 Å². The van der Waals surface area contributed by atoms with Crippen molar-refractivity contribution in [3.05, 3.63) is 29.8 Å². The van der Waals surface area contributed by atoms with E-state index in [0.29, 0.717) is 30.4 Å². The normalized spacial score (nSPS) is 10.4. The molecule has 2 N–H and O–H groups in total. The van der Waals surface area contributed by atoms with Gasteiger partial charge in [-0.3, -0.25) is 14.4 Å². The molecule has 1 rings (SSSR count). The third kappa shape index (κ3) is 10.2. The third-order valence-corrected chi connectivity index (χ3v) is 3.68. The zero-order chi connectivity index (χ0) is 20.1. The van der Waals surface area contributed by atoms with Gasteiger partial charge in [-0.25, -0.2) is 0 Å². The molecule has 0 fully saturated rings. The number of carbonyl (C=O) groups is 3. The van der Waals surface area contributed by atoms with Gasteiger partial charge in [0.05, 0.1) is 6.61 Å². The van der Waals surface area contributed by atoms with Gasteiger partial charge in [0, 0.05) is 12.1 Å². The quantitative estimate of drug-likeness (QED) is 0.430. The molecule has 0 bridgehead atoms. The van der Waals surface area contributed by atoms with E-state index < -0.39 is 11.9 Å². The Balaban J connectivity index is 2.26. The Kier molecular flexibility index (Phi) is 10.6. The summed E-state index contributed by atoms with van der Waals surface area (Å²) in [5, 5.41) is 5.13. The first-order valence-corrected chi connectivity index (χ1v) is 9.35. The first-order chi connectivity index (χ1) is 12.9. The van der Waals surface area contributed by atoms with Gasteiger partial charge in [0.2, 0.25) is 0 Å². The van der Waals surface area contributed by atoms with Crippen LogP contribution in [0, 0.1) is 5.92 Å². The van der Waals surface area contributed by atoms with Gasteiger partial charge in [-0.05, 0) is 43.0 Å². The summed E-state index contributed by atoms with van der Waals surface area (Å²) >= 11 is 0. The molecule has 2 amide bonds. The molecule has 0 aliphatic carbocycles. The van der Waals surface area contributed by atoms with Crippen LogP contribution >= 0.6 is 0 Å². The van der Waals surface area contributed by atoms with Gasteiger partial charge in [-0.2, -0.15) is 0 Å². The van der Waals surface area contributed by atoms with E-state index in [0.717, 1.165) is 19.3 Å². The first-order valence-electron chi connectivity index (χ1n) is 9.35. The number of hydrogen-bond donors (Lipinski definition) is 2. The highest BCUT2D eigenvalue weighted by Crippen LogP contribution is 2.12. The molecule has 7 heteroatoms. The number of rotatable bonds is 12. The van der Waals surface area contributed by atoms with E-state index in [1.54, 1.807) is 24.3 Å². The summed E-state index contributed by atoms with van der Waals surface area (Å²) in [5.41, 5.74) is 0.414. The fraction of sp³-hybridized carbons (Fsp3) is 0.550. The molecule has 0 aliphatic rings. The molecule has 1 aromatic carbocycles. The van der Waals surface area contributed by atoms with E-state index in [2.05, 4.69) is 31.4 Å². The molecule has 0 aromatic heterocycles. The van der Waals surface area contributed by atoms with Gasteiger partial charge >= 0.3 is 5.97 Å². The summed E-state index contributed by atoms with van der Waals surface area (Å²) < 4.78 is 10.4. The van der Waals surface area contributed by atoms with Gasteiger partial charge in [0.15, 0.2) is 6.61 Å².